The molecule has 0 N–H and O–H groups in total. The van der Waals surface area contributed by atoms with Gasteiger partial charge in [0.1, 0.15) is 5.69 Å². The molecule has 2 aromatic rings. The highest BCUT2D eigenvalue weighted by molar-refractivity contribution is 5.94. The number of carbonyl (C=O) groups excluding carboxylic acids is 1. The molecule has 1 aromatic carbocycles. The zero-order valence-electron chi connectivity index (χ0n) is 13.2. The number of amides is 1. The van der Waals surface area contributed by atoms with Gasteiger partial charge in [-0.1, -0.05) is 55.8 Å². The predicted molar refractivity (Wildman–Crippen MR) is 89.7 cm³/mol. The van der Waals surface area contributed by atoms with Crippen LogP contribution in [0, 0.1) is 0 Å². The molecule has 1 unspecified atom stereocenters. The van der Waals surface area contributed by atoms with Gasteiger partial charge in [0.15, 0.2) is 0 Å². The molecule has 1 aliphatic rings. The fraction of sp³-hybridized carbons (Fsp3) is 0.316. The van der Waals surface area contributed by atoms with Gasteiger partial charge in [0.25, 0.3) is 5.91 Å². The molecular formula is C19H22N2O. The fourth-order valence-electron chi connectivity index (χ4n) is 3.12. The molecule has 0 aliphatic carbocycles. The van der Waals surface area contributed by atoms with Crippen LogP contribution in [-0.4, -0.2) is 28.0 Å². The highest BCUT2D eigenvalue weighted by Gasteiger charge is 2.27. The average molecular weight is 294 g/mol. The first-order valence-corrected chi connectivity index (χ1v) is 7.91. The smallest absolute Gasteiger partial charge is 0.271 e. The molecule has 22 heavy (non-hydrogen) atoms. The number of hydrogen-bond acceptors (Lipinski definition) is 1. The lowest BCUT2D eigenvalue weighted by molar-refractivity contribution is 0.0735. The van der Waals surface area contributed by atoms with Crippen molar-refractivity contribution in [1.82, 2.24) is 9.47 Å². The van der Waals surface area contributed by atoms with Gasteiger partial charge in [-0.3, -0.25) is 4.79 Å². The van der Waals surface area contributed by atoms with Gasteiger partial charge in [-0.25, -0.2) is 0 Å². The monoisotopic (exact) mass is 294 g/mol. The van der Waals surface area contributed by atoms with Gasteiger partial charge in [0, 0.05) is 19.3 Å². The van der Waals surface area contributed by atoms with Crippen LogP contribution in [0.5, 0.6) is 0 Å². The molecule has 0 spiro atoms. The van der Waals surface area contributed by atoms with Crippen molar-refractivity contribution in [1.29, 1.82) is 0 Å². The predicted octanol–water partition coefficient (Wildman–Crippen LogP) is 3.87. The van der Waals surface area contributed by atoms with Gasteiger partial charge in [-0.2, -0.15) is 0 Å². The Balaban J connectivity index is 1.87. The van der Waals surface area contributed by atoms with E-state index < -0.39 is 0 Å². The average Bonchev–Trinajstić information content (AvgIpc) is 3.15. The Bertz CT molecular complexity index is 685. The zero-order chi connectivity index (χ0) is 15.5. The third-order valence-electron chi connectivity index (χ3n) is 4.32. The second kappa shape index (κ2) is 6.22. The number of benzene rings is 1. The second-order valence-electron chi connectivity index (χ2n) is 5.77. The summed E-state index contributed by atoms with van der Waals surface area (Å²) in [4.78, 5) is 14.8. The Kier molecular flexibility index (Phi) is 4.14. The lowest BCUT2D eigenvalue weighted by Crippen LogP contribution is -2.36. The van der Waals surface area contributed by atoms with Crippen molar-refractivity contribution in [2.24, 2.45) is 7.05 Å². The molecule has 0 saturated carbocycles. The molecular weight excluding hydrogens is 272 g/mol. The van der Waals surface area contributed by atoms with Gasteiger partial charge < -0.3 is 9.47 Å². The van der Waals surface area contributed by atoms with E-state index in [0.717, 1.165) is 36.3 Å². The van der Waals surface area contributed by atoms with Crippen LogP contribution < -0.4 is 0 Å². The van der Waals surface area contributed by atoms with E-state index in [4.69, 9.17) is 0 Å². The lowest BCUT2D eigenvalue weighted by atomic mass is 10.1. The summed E-state index contributed by atoms with van der Waals surface area (Å²) < 4.78 is 2.00. The van der Waals surface area contributed by atoms with Crippen LogP contribution in [-0.2, 0) is 7.05 Å². The Morgan fingerprint density at radius 2 is 1.95 bits per heavy atom. The molecule has 0 fully saturated rings. The van der Waals surface area contributed by atoms with Gasteiger partial charge >= 0.3 is 0 Å². The first-order valence-electron chi connectivity index (χ1n) is 7.91. The summed E-state index contributed by atoms with van der Waals surface area (Å²) in [7, 11) is 1.97. The number of carbonyl (C=O) groups is 1. The molecule has 1 amide bonds. The van der Waals surface area contributed by atoms with E-state index in [2.05, 4.69) is 31.2 Å². The van der Waals surface area contributed by atoms with Crippen LogP contribution in [0.1, 0.15) is 30.3 Å². The highest BCUT2D eigenvalue weighted by atomic mass is 16.2. The molecule has 0 bridgehead atoms. The van der Waals surface area contributed by atoms with Crippen molar-refractivity contribution in [3.63, 3.8) is 0 Å². The second-order valence-corrected chi connectivity index (χ2v) is 5.77. The van der Waals surface area contributed by atoms with Crippen LogP contribution in [0.2, 0.25) is 0 Å². The van der Waals surface area contributed by atoms with E-state index in [1.54, 1.807) is 0 Å². The van der Waals surface area contributed by atoms with Crippen LogP contribution in [0.3, 0.4) is 0 Å². The Labute approximate surface area is 131 Å². The maximum Gasteiger partial charge on any atom is 0.271 e. The molecule has 0 radical (unpaired) electrons. The molecule has 2 heterocycles. The first kappa shape index (κ1) is 14.6. The minimum absolute atomic E-state index is 0.119. The Morgan fingerprint density at radius 1 is 1.18 bits per heavy atom. The molecule has 3 rings (SSSR count). The molecule has 3 heteroatoms. The van der Waals surface area contributed by atoms with Gasteiger partial charge in [0.2, 0.25) is 0 Å². The van der Waals surface area contributed by atoms with Crippen molar-refractivity contribution in [2.45, 2.75) is 25.8 Å². The van der Waals surface area contributed by atoms with Crippen LogP contribution in [0.4, 0.5) is 0 Å². The van der Waals surface area contributed by atoms with Crippen LogP contribution in [0.15, 0.2) is 54.6 Å². The molecule has 1 aliphatic heterocycles. The number of aromatic nitrogens is 1. The molecule has 0 saturated heterocycles. The summed E-state index contributed by atoms with van der Waals surface area (Å²) in [5.74, 6) is 0.119. The van der Waals surface area contributed by atoms with Gasteiger partial charge in [0.05, 0.1) is 6.04 Å². The topological polar surface area (TPSA) is 25.2 Å². The van der Waals surface area contributed by atoms with E-state index in [1.807, 2.05) is 46.8 Å². The Morgan fingerprint density at radius 3 is 2.68 bits per heavy atom. The van der Waals surface area contributed by atoms with Crippen molar-refractivity contribution in [3.05, 3.63) is 60.3 Å². The number of rotatable bonds is 4. The summed E-state index contributed by atoms with van der Waals surface area (Å²) in [6, 6.07) is 14.4. The lowest BCUT2D eigenvalue weighted by Gasteiger charge is -2.24. The molecule has 3 nitrogen and oxygen atoms in total. The minimum atomic E-state index is 0.119. The summed E-state index contributed by atoms with van der Waals surface area (Å²) in [5.41, 5.74) is 2.96. The van der Waals surface area contributed by atoms with E-state index in [-0.39, 0.29) is 11.9 Å². The number of hydrogen-bond donors (Lipinski definition) is 0. The van der Waals surface area contributed by atoms with Crippen molar-refractivity contribution < 1.29 is 4.79 Å². The molecule has 1 atom stereocenters. The normalized spacial score (nSPS) is 17.2. The first-order chi connectivity index (χ1) is 10.7. The SMILES string of the molecule is CCCC1C=CCN1C(=O)c1ccc(-c2ccccc2)n1C. The van der Waals surface area contributed by atoms with Gasteiger partial charge in [-0.15, -0.1) is 0 Å². The number of nitrogens with zero attached hydrogens (tertiary/aromatic N) is 2. The fourth-order valence-corrected chi connectivity index (χ4v) is 3.12. The zero-order valence-corrected chi connectivity index (χ0v) is 13.2. The minimum Gasteiger partial charge on any atom is -0.340 e. The summed E-state index contributed by atoms with van der Waals surface area (Å²) >= 11 is 0. The maximum absolute atomic E-state index is 12.9. The van der Waals surface area contributed by atoms with E-state index in [1.165, 1.54) is 0 Å². The molecule has 1 aromatic heterocycles. The van der Waals surface area contributed by atoms with Crippen molar-refractivity contribution >= 4 is 5.91 Å². The summed E-state index contributed by atoms with van der Waals surface area (Å²) in [6.07, 6.45) is 6.36. The Hall–Kier alpha value is -2.29. The third-order valence-corrected chi connectivity index (χ3v) is 4.32. The quantitative estimate of drug-likeness (QED) is 0.786. The van der Waals surface area contributed by atoms with E-state index in [0.29, 0.717) is 0 Å². The van der Waals surface area contributed by atoms with Crippen molar-refractivity contribution in [3.8, 4) is 11.3 Å². The summed E-state index contributed by atoms with van der Waals surface area (Å²) in [5, 5.41) is 0. The van der Waals surface area contributed by atoms with E-state index in [9.17, 15) is 4.79 Å². The largest absolute Gasteiger partial charge is 0.340 e. The highest BCUT2D eigenvalue weighted by Crippen LogP contribution is 2.24. The summed E-state index contributed by atoms with van der Waals surface area (Å²) in [6.45, 7) is 2.88. The maximum atomic E-state index is 12.9. The molecule has 114 valence electrons. The van der Waals surface area contributed by atoms with E-state index >= 15 is 0 Å². The van der Waals surface area contributed by atoms with Crippen molar-refractivity contribution in [2.75, 3.05) is 6.54 Å². The standard InChI is InChI=1S/C19H22N2O/c1-3-8-16-11-7-14-21(16)19(22)18-13-12-17(20(18)2)15-9-5-4-6-10-15/h4-7,9-13,16H,3,8,14H2,1-2H3. The van der Waals surface area contributed by atoms with Crippen LogP contribution >= 0.6 is 0 Å². The van der Waals surface area contributed by atoms with Crippen LogP contribution in [0.25, 0.3) is 11.3 Å². The third kappa shape index (κ3) is 2.59. The van der Waals surface area contributed by atoms with Gasteiger partial charge in [-0.05, 0) is 24.1 Å².